The first kappa shape index (κ1) is 18.5. The summed E-state index contributed by atoms with van der Waals surface area (Å²) < 4.78 is 10.6. The molecule has 1 amide bonds. The topological polar surface area (TPSA) is 88.4 Å². The zero-order valence-electron chi connectivity index (χ0n) is 15.0. The smallest absolute Gasteiger partial charge is 0.344 e. The van der Waals surface area contributed by atoms with Gasteiger partial charge in [0.2, 0.25) is 0 Å². The van der Waals surface area contributed by atoms with Crippen LogP contribution < -0.4 is 10.1 Å². The van der Waals surface area contributed by atoms with Gasteiger partial charge in [-0.1, -0.05) is 6.07 Å². The molecule has 0 aliphatic heterocycles. The molecular formula is C21H20N2O4. The van der Waals surface area contributed by atoms with Gasteiger partial charge in [-0.05, 0) is 73.7 Å². The number of fused-ring (bicyclic) bond motifs is 1. The van der Waals surface area contributed by atoms with Crippen LogP contribution in [0.3, 0.4) is 0 Å². The van der Waals surface area contributed by atoms with Crippen LogP contribution in [0, 0.1) is 11.3 Å². The van der Waals surface area contributed by atoms with E-state index < -0.39 is 18.0 Å². The summed E-state index contributed by atoms with van der Waals surface area (Å²) in [5, 5.41) is 11.4. The number of amides is 1. The van der Waals surface area contributed by atoms with E-state index in [1.165, 1.54) is 18.1 Å². The maximum atomic E-state index is 12.1. The molecule has 0 unspecified atom stereocenters. The summed E-state index contributed by atoms with van der Waals surface area (Å²) in [6, 6.07) is 14.2. The second-order valence-electron chi connectivity index (χ2n) is 6.38. The molecule has 1 N–H and O–H groups in total. The van der Waals surface area contributed by atoms with Gasteiger partial charge in [0.15, 0.2) is 12.7 Å². The van der Waals surface area contributed by atoms with Crippen molar-refractivity contribution in [2.75, 3.05) is 11.9 Å². The van der Waals surface area contributed by atoms with E-state index in [0.717, 1.165) is 19.3 Å². The Balaban J connectivity index is 1.46. The second-order valence-corrected chi connectivity index (χ2v) is 6.38. The van der Waals surface area contributed by atoms with E-state index in [9.17, 15) is 9.59 Å². The summed E-state index contributed by atoms with van der Waals surface area (Å²) in [5.41, 5.74) is 3.61. The van der Waals surface area contributed by atoms with Gasteiger partial charge in [0.1, 0.15) is 5.75 Å². The number of esters is 1. The summed E-state index contributed by atoms with van der Waals surface area (Å²) in [6.45, 7) is 1.24. The Morgan fingerprint density at radius 3 is 2.63 bits per heavy atom. The fourth-order valence-electron chi connectivity index (χ4n) is 2.94. The summed E-state index contributed by atoms with van der Waals surface area (Å²) in [5.74, 6) is -0.439. The van der Waals surface area contributed by atoms with E-state index in [1.807, 2.05) is 24.3 Å². The molecule has 1 aliphatic carbocycles. The van der Waals surface area contributed by atoms with Gasteiger partial charge in [-0.2, -0.15) is 5.26 Å². The third-order valence-electron chi connectivity index (χ3n) is 4.39. The van der Waals surface area contributed by atoms with Crippen LogP contribution >= 0.6 is 0 Å². The molecule has 1 atom stereocenters. The lowest BCUT2D eigenvalue weighted by Gasteiger charge is -2.14. The molecule has 0 fully saturated rings. The number of nitrogens with zero attached hydrogens (tertiary/aromatic N) is 1. The lowest BCUT2D eigenvalue weighted by Crippen LogP contribution is -2.31. The first-order valence-electron chi connectivity index (χ1n) is 8.80. The second kappa shape index (κ2) is 8.37. The molecule has 1 aliphatic rings. The van der Waals surface area contributed by atoms with Crippen LogP contribution in [0.1, 0.15) is 30.0 Å². The average Bonchev–Trinajstić information content (AvgIpc) is 3.14. The standard InChI is InChI=1S/C21H20N2O4/c1-14(21(25)23-18-8-5-15(12-22)6-9-18)27-20(24)13-26-19-10-7-16-3-2-4-17(16)11-19/h5-11,14H,2-4,13H2,1H3,(H,23,25)/t14-/m0/s1. The van der Waals surface area contributed by atoms with Gasteiger partial charge in [0.25, 0.3) is 5.91 Å². The predicted octanol–water partition coefficient (Wildman–Crippen LogP) is 3.00. The highest BCUT2D eigenvalue weighted by atomic mass is 16.6. The van der Waals surface area contributed by atoms with Gasteiger partial charge in [-0.3, -0.25) is 4.79 Å². The normalized spacial score (nSPS) is 13.2. The van der Waals surface area contributed by atoms with Crippen molar-refractivity contribution in [3.8, 4) is 11.8 Å². The summed E-state index contributed by atoms with van der Waals surface area (Å²) in [4.78, 5) is 24.0. The van der Waals surface area contributed by atoms with Crippen molar-refractivity contribution in [3.05, 3.63) is 59.2 Å². The molecule has 0 saturated heterocycles. The van der Waals surface area contributed by atoms with Gasteiger partial charge in [-0.15, -0.1) is 0 Å². The maximum Gasteiger partial charge on any atom is 0.344 e. The van der Waals surface area contributed by atoms with Crippen LogP contribution in [0.15, 0.2) is 42.5 Å². The Hall–Kier alpha value is -3.33. The number of rotatable bonds is 6. The van der Waals surface area contributed by atoms with Crippen molar-refractivity contribution in [1.29, 1.82) is 5.26 Å². The van der Waals surface area contributed by atoms with Crippen LogP contribution in [0.2, 0.25) is 0 Å². The Labute approximate surface area is 157 Å². The number of carbonyl (C=O) groups excluding carboxylic acids is 2. The van der Waals surface area contributed by atoms with E-state index in [0.29, 0.717) is 17.0 Å². The van der Waals surface area contributed by atoms with Crippen LogP contribution in [0.25, 0.3) is 0 Å². The number of aryl methyl sites for hydroxylation is 2. The molecular weight excluding hydrogens is 344 g/mol. The molecule has 2 aromatic carbocycles. The fraction of sp³-hybridized carbons (Fsp3) is 0.286. The minimum Gasteiger partial charge on any atom is -0.482 e. The van der Waals surface area contributed by atoms with Crippen molar-refractivity contribution in [2.24, 2.45) is 0 Å². The van der Waals surface area contributed by atoms with Crippen LogP contribution in [0.5, 0.6) is 5.75 Å². The third-order valence-corrected chi connectivity index (χ3v) is 4.39. The van der Waals surface area contributed by atoms with Crippen molar-refractivity contribution < 1.29 is 19.1 Å². The number of hydrogen-bond acceptors (Lipinski definition) is 5. The molecule has 6 heteroatoms. The lowest BCUT2D eigenvalue weighted by molar-refractivity contribution is -0.155. The summed E-state index contributed by atoms with van der Waals surface area (Å²) in [7, 11) is 0. The lowest BCUT2D eigenvalue weighted by atomic mass is 10.1. The van der Waals surface area contributed by atoms with Crippen molar-refractivity contribution in [1.82, 2.24) is 0 Å². The molecule has 0 radical (unpaired) electrons. The third kappa shape index (κ3) is 4.85. The maximum absolute atomic E-state index is 12.1. The number of carbonyl (C=O) groups is 2. The molecule has 6 nitrogen and oxygen atoms in total. The largest absolute Gasteiger partial charge is 0.482 e. The molecule has 138 valence electrons. The Kier molecular flexibility index (Phi) is 5.72. The van der Waals surface area contributed by atoms with Crippen LogP contribution in [0.4, 0.5) is 5.69 Å². The minimum absolute atomic E-state index is 0.257. The zero-order valence-corrected chi connectivity index (χ0v) is 15.0. The first-order valence-corrected chi connectivity index (χ1v) is 8.80. The van der Waals surface area contributed by atoms with E-state index >= 15 is 0 Å². The molecule has 0 aromatic heterocycles. The quantitative estimate of drug-likeness (QED) is 0.796. The molecule has 27 heavy (non-hydrogen) atoms. The molecule has 0 heterocycles. The highest BCUT2D eigenvalue weighted by molar-refractivity contribution is 5.95. The monoisotopic (exact) mass is 364 g/mol. The molecule has 0 spiro atoms. The van der Waals surface area contributed by atoms with Crippen LogP contribution in [-0.2, 0) is 27.2 Å². The van der Waals surface area contributed by atoms with Gasteiger partial charge >= 0.3 is 5.97 Å². The number of anilines is 1. The molecule has 2 aromatic rings. The Bertz CT molecular complexity index is 884. The van der Waals surface area contributed by atoms with E-state index in [4.69, 9.17) is 14.7 Å². The Morgan fingerprint density at radius 1 is 1.15 bits per heavy atom. The number of nitrogens with one attached hydrogen (secondary N) is 1. The number of ether oxygens (including phenoxy) is 2. The molecule has 0 bridgehead atoms. The highest BCUT2D eigenvalue weighted by Gasteiger charge is 2.19. The minimum atomic E-state index is -0.961. The molecule has 3 rings (SSSR count). The average molecular weight is 364 g/mol. The highest BCUT2D eigenvalue weighted by Crippen LogP contribution is 2.26. The summed E-state index contributed by atoms with van der Waals surface area (Å²) in [6.07, 6.45) is 2.30. The van der Waals surface area contributed by atoms with Gasteiger partial charge in [0, 0.05) is 5.69 Å². The SMILES string of the molecule is C[C@H](OC(=O)COc1ccc2c(c1)CCC2)C(=O)Nc1ccc(C#N)cc1. The zero-order chi connectivity index (χ0) is 19.2. The van der Waals surface area contributed by atoms with E-state index in [2.05, 4.69) is 5.32 Å². The predicted molar refractivity (Wildman–Crippen MR) is 99.3 cm³/mol. The van der Waals surface area contributed by atoms with E-state index in [-0.39, 0.29) is 6.61 Å². The van der Waals surface area contributed by atoms with Gasteiger partial charge < -0.3 is 14.8 Å². The van der Waals surface area contributed by atoms with E-state index in [1.54, 1.807) is 24.3 Å². The van der Waals surface area contributed by atoms with Crippen molar-refractivity contribution in [2.45, 2.75) is 32.3 Å². The summed E-state index contributed by atoms with van der Waals surface area (Å²) >= 11 is 0. The molecule has 0 saturated carbocycles. The van der Waals surface area contributed by atoms with Crippen molar-refractivity contribution >= 4 is 17.6 Å². The van der Waals surface area contributed by atoms with Gasteiger partial charge in [0.05, 0.1) is 11.6 Å². The fourth-order valence-corrected chi connectivity index (χ4v) is 2.94. The number of nitriles is 1. The number of hydrogen-bond donors (Lipinski definition) is 1. The van der Waals surface area contributed by atoms with Crippen LogP contribution in [-0.4, -0.2) is 24.6 Å². The van der Waals surface area contributed by atoms with Gasteiger partial charge in [-0.25, -0.2) is 4.79 Å². The number of benzene rings is 2. The van der Waals surface area contributed by atoms with Crippen molar-refractivity contribution in [3.63, 3.8) is 0 Å². The first-order chi connectivity index (χ1) is 13.0. The Morgan fingerprint density at radius 2 is 1.89 bits per heavy atom.